The van der Waals surface area contributed by atoms with Crippen molar-refractivity contribution in [3.63, 3.8) is 0 Å². The largest absolute Gasteiger partial charge is 0.733 e. The highest BCUT2D eigenvalue weighted by molar-refractivity contribution is 6.03. The zero-order valence-corrected chi connectivity index (χ0v) is 9.76. The number of aliphatic carboxylic acids is 1. The number of amides is 1. The Morgan fingerprint density at radius 3 is 2.35 bits per heavy atom. The van der Waals surface area contributed by atoms with E-state index in [0.29, 0.717) is 12.2 Å². The molecule has 0 saturated carbocycles. The second-order valence-corrected chi connectivity index (χ2v) is 3.41. The normalized spacial score (nSPS) is 10.4. The molecular weight excluding hydrogens is 274 g/mol. The SMILES string of the molecule is O=C([O-])C=CC(=O)Nc1ccc(N([O-])O)cc1N(O)O. The Morgan fingerprint density at radius 1 is 1.20 bits per heavy atom. The molecule has 10 nitrogen and oxygen atoms in total. The highest BCUT2D eigenvalue weighted by Crippen LogP contribution is 2.29. The summed E-state index contributed by atoms with van der Waals surface area (Å²) in [7, 11) is 0. The Labute approximate surface area is 111 Å². The number of anilines is 3. The second kappa shape index (κ2) is 6.49. The van der Waals surface area contributed by atoms with E-state index in [1.807, 2.05) is 0 Å². The molecule has 1 amide bonds. The van der Waals surface area contributed by atoms with Gasteiger partial charge in [-0.2, -0.15) is 0 Å². The number of carboxylic acids is 1. The molecule has 0 radical (unpaired) electrons. The summed E-state index contributed by atoms with van der Waals surface area (Å²) in [5.74, 6) is -2.46. The van der Waals surface area contributed by atoms with Crippen molar-refractivity contribution < 1.29 is 30.3 Å². The van der Waals surface area contributed by atoms with Crippen LogP contribution in [0.1, 0.15) is 0 Å². The number of hydrogen-bond donors (Lipinski definition) is 4. The Kier molecular flexibility index (Phi) is 5.00. The predicted octanol–water partition coefficient (Wildman–Crippen LogP) is -0.791. The van der Waals surface area contributed by atoms with Crippen molar-refractivity contribution in [2.24, 2.45) is 0 Å². The minimum absolute atomic E-state index is 0.145. The lowest BCUT2D eigenvalue weighted by Crippen LogP contribution is -2.20. The maximum absolute atomic E-state index is 11.3. The van der Waals surface area contributed by atoms with E-state index in [2.05, 4.69) is 5.32 Å². The van der Waals surface area contributed by atoms with Gasteiger partial charge in [-0.3, -0.25) is 20.4 Å². The van der Waals surface area contributed by atoms with Crippen LogP contribution in [0.3, 0.4) is 0 Å². The first-order chi connectivity index (χ1) is 9.31. The zero-order chi connectivity index (χ0) is 15.3. The Hall–Kier alpha value is -2.66. The van der Waals surface area contributed by atoms with Gasteiger partial charge in [0.25, 0.3) is 0 Å². The van der Waals surface area contributed by atoms with E-state index in [9.17, 15) is 19.9 Å². The number of nitrogens with zero attached hydrogens (tertiary/aromatic N) is 2. The van der Waals surface area contributed by atoms with Crippen molar-refractivity contribution in [3.8, 4) is 0 Å². The van der Waals surface area contributed by atoms with E-state index in [4.69, 9.17) is 15.6 Å². The third kappa shape index (κ3) is 4.22. The third-order valence-electron chi connectivity index (χ3n) is 2.05. The van der Waals surface area contributed by atoms with Crippen LogP contribution < -0.4 is 20.9 Å². The quantitative estimate of drug-likeness (QED) is 0.401. The smallest absolute Gasteiger partial charge is 0.248 e. The summed E-state index contributed by atoms with van der Waals surface area (Å²) in [6.07, 6.45) is 1.13. The van der Waals surface area contributed by atoms with Crippen LogP contribution in [0.25, 0.3) is 0 Å². The van der Waals surface area contributed by atoms with Crippen molar-refractivity contribution in [3.05, 3.63) is 35.6 Å². The average molecular weight is 283 g/mol. The van der Waals surface area contributed by atoms with Gasteiger partial charge < -0.3 is 25.7 Å². The molecule has 4 N–H and O–H groups in total. The van der Waals surface area contributed by atoms with Crippen LogP contribution in [0.5, 0.6) is 0 Å². The highest BCUT2D eigenvalue weighted by Gasteiger charge is 2.11. The molecule has 0 unspecified atom stereocenters. The van der Waals surface area contributed by atoms with Crippen molar-refractivity contribution in [2.75, 3.05) is 15.8 Å². The standard InChI is InChI=1S/C10H10N3O7/c14-9(3-4-10(15)16)11-7-2-1-6(12(17)18)5-8(7)13(19)20/h1-5,17,19-20H,(H,11,14)(H,15,16)/q-1/p-1. The first-order valence-electron chi connectivity index (χ1n) is 4.99. The third-order valence-corrected chi connectivity index (χ3v) is 2.05. The first kappa shape index (κ1) is 15.4. The average Bonchev–Trinajstić information content (AvgIpc) is 2.36. The van der Waals surface area contributed by atoms with E-state index in [-0.39, 0.29) is 16.6 Å². The Morgan fingerprint density at radius 2 is 1.85 bits per heavy atom. The molecule has 0 aliphatic carbocycles. The number of carbonyl (C=O) groups excluding carboxylic acids is 2. The summed E-state index contributed by atoms with van der Waals surface area (Å²) < 4.78 is 0. The molecule has 0 aliphatic rings. The molecule has 1 rings (SSSR count). The molecule has 1 aromatic rings. The molecule has 0 spiro atoms. The minimum atomic E-state index is -1.58. The van der Waals surface area contributed by atoms with Crippen molar-refractivity contribution in [1.29, 1.82) is 0 Å². The maximum Gasteiger partial charge on any atom is 0.248 e. The highest BCUT2D eigenvalue weighted by atomic mass is 16.8. The molecule has 0 aliphatic heterocycles. The first-order valence-corrected chi connectivity index (χ1v) is 4.99. The van der Waals surface area contributed by atoms with Gasteiger partial charge in [0.15, 0.2) is 0 Å². The van der Waals surface area contributed by atoms with Gasteiger partial charge in [-0.15, -0.1) is 5.23 Å². The van der Waals surface area contributed by atoms with Gasteiger partial charge in [0, 0.05) is 6.08 Å². The van der Waals surface area contributed by atoms with Crippen LogP contribution in [0.15, 0.2) is 30.4 Å². The fourth-order valence-corrected chi connectivity index (χ4v) is 1.23. The Balaban J connectivity index is 3.00. The van der Waals surface area contributed by atoms with E-state index in [1.54, 1.807) is 0 Å². The van der Waals surface area contributed by atoms with Gasteiger partial charge in [0.1, 0.15) is 5.69 Å². The topological polar surface area (TPSA) is 159 Å². The molecule has 0 aromatic heterocycles. The number of carboxylic acid groups (broad SMARTS) is 1. The molecule has 108 valence electrons. The molecule has 0 saturated heterocycles. The van der Waals surface area contributed by atoms with E-state index < -0.39 is 22.8 Å². The fraction of sp³-hybridized carbons (Fsp3) is 0. The molecule has 0 fully saturated rings. The monoisotopic (exact) mass is 283 g/mol. The predicted molar refractivity (Wildman–Crippen MR) is 62.9 cm³/mol. The van der Waals surface area contributed by atoms with Crippen LogP contribution >= 0.6 is 0 Å². The van der Waals surface area contributed by atoms with Gasteiger partial charge in [0.2, 0.25) is 5.91 Å². The molecule has 1 aromatic carbocycles. The molecular formula is C10H9N3O7-2. The van der Waals surface area contributed by atoms with Crippen LogP contribution in [0, 0.1) is 5.21 Å². The zero-order valence-electron chi connectivity index (χ0n) is 9.76. The summed E-state index contributed by atoms with van der Waals surface area (Å²) in [6.45, 7) is 0. The second-order valence-electron chi connectivity index (χ2n) is 3.41. The van der Waals surface area contributed by atoms with E-state index in [1.165, 1.54) is 0 Å². The molecule has 20 heavy (non-hydrogen) atoms. The number of benzene rings is 1. The summed E-state index contributed by atoms with van der Waals surface area (Å²) >= 11 is 0. The Bertz CT molecular complexity index is 542. The van der Waals surface area contributed by atoms with Crippen LogP contribution in [0.4, 0.5) is 17.1 Å². The summed E-state index contributed by atoms with van der Waals surface area (Å²) in [4.78, 5) is 21.4. The number of carbonyl (C=O) groups is 2. The van der Waals surface area contributed by atoms with Crippen LogP contribution in [-0.2, 0) is 9.59 Å². The van der Waals surface area contributed by atoms with E-state index >= 15 is 0 Å². The lowest BCUT2D eigenvalue weighted by Gasteiger charge is -2.23. The maximum atomic E-state index is 11.3. The molecule has 0 heterocycles. The molecule has 0 atom stereocenters. The minimum Gasteiger partial charge on any atom is -0.733 e. The van der Waals surface area contributed by atoms with Gasteiger partial charge in [-0.05, 0) is 24.3 Å². The van der Waals surface area contributed by atoms with Crippen molar-refractivity contribution in [2.45, 2.75) is 0 Å². The number of hydrogen-bond acceptors (Lipinski definition) is 9. The van der Waals surface area contributed by atoms with Crippen LogP contribution in [0.2, 0.25) is 0 Å². The van der Waals surface area contributed by atoms with Crippen LogP contribution in [-0.4, -0.2) is 27.5 Å². The summed E-state index contributed by atoms with van der Waals surface area (Å²) in [5, 5.41) is 48.6. The van der Waals surface area contributed by atoms with Crippen molar-refractivity contribution >= 4 is 28.9 Å². The van der Waals surface area contributed by atoms with Gasteiger partial charge in [-0.1, -0.05) is 0 Å². The van der Waals surface area contributed by atoms with Gasteiger partial charge in [-0.25, -0.2) is 0 Å². The molecule has 10 heteroatoms. The summed E-state index contributed by atoms with van der Waals surface area (Å²) in [6, 6.07) is 3.04. The van der Waals surface area contributed by atoms with E-state index in [0.717, 1.165) is 18.2 Å². The fourth-order valence-electron chi connectivity index (χ4n) is 1.23. The van der Waals surface area contributed by atoms with Crippen molar-refractivity contribution in [1.82, 2.24) is 0 Å². The summed E-state index contributed by atoms with van der Waals surface area (Å²) in [5.41, 5.74) is -0.891. The lowest BCUT2D eigenvalue weighted by atomic mass is 10.2. The molecule has 0 bridgehead atoms. The van der Waals surface area contributed by atoms with Gasteiger partial charge >= 0.3 is 0 Å². The lowest BCUT2D eigenvalue weighted by molar-refractivity contribution is -0.297. The number of nitrogens with one attached hydrogen (secondary N) is 1. The van der Waals surface area contributed by atoms with Gasteiger partial charge in [0.05, 0.1) is 17.3 Å². The number of rotatable bonds is 5.